The molecular weight excluding hydrogens is 354 g/mol. The average Bonchev–Trinajstić information content (AvgIpc) is 3.29. The van der Waals surface area contributed by atoms with Crippen molar-refractivity contribution in [3.05, 3.63) is 59.2 Å². The van der Waals surface area contributed by atoms with Crippen LogP contribution in [-0.2, 0) is 11.2 Å². The predicted molar refractivity (Wildman–Crippen MR) is 103 cm³/mol. The number of hydrogen-bond acceptors (Lipinski definition) is 7. The van der Waals surface area contributed by atoms with Crippen molar-refractivity contribution in [2.45, 2.75) is 31.2 Å². The lowest BCUT2D eigenvalue weighted by molar-refractivity contribution is 0.0201. The molecule has 1 saturated carbocycles. The van der Waals surface area contributed by atoms with E-state index in [2.05, 4.69) is 38.7 Å². The van der Waals surface area contributed by atoms with Gasteiger partial charge in [0.2, 0.25) is 5.89 Å². The zero-order valence-corrected chi connectivity index (χ0v) is 15.3. The zero-order valence-electron chi connectivity index (χ0n) is 15.3. The Bertz CT molecular complexity index is 1080. The van der Waals surface area contributed by atoms with E-state index in [4.69, 9.17) is 14.1 Å². The highest BCUT2D eigenvalue weighted by molar-refractivity contribution is 5.83. The second-order valence-corrected chi connectivity index (χ2v) is 7.56. The van der Waals surface area contributed by atoms with Gasteiger partial charge in [0.15, 0.2) is 5.82 Å². The van der Waals surface area contributed by atoms with E-state index in [1.807, 2.05) is 18.3 Å². The maximum absolute atomic E-state index is 5.80. The normalized spacial score (nSPS) is 18.5. The van der Waals surface area contributed by atoms with E-state index in [-0.39, 0.29) is 6.04 Å². The summed E-state index contributed by atoms with van der Waals surface area (Å²) in [5.74, 6) is 1.92. The van der Waals surface area contributed by atoms with E-state index in [9.17, 15) is 0 Å². The molecule has 7 heteroatoms. The Morgan fingerprint density at radius 2 is 2.00 bits per heavy atom. The minimum absolute atomic E-state index is 0.249. The van der Waals surface area contributed by atoms with E-state index < -0.39 is 0 Å². The first kappa shape index (κ1) is 15.9. The molecule has 2 fully saturated rings. The van der Waals surface area contributed by atoms with Crippen LogP contribution in [0.2, 0.25) is 0 Å². The number of fused-ring (bicyclic) bond motifs is 1. The third-order valence-corrected chi connectivity index (χ3v) is 5.48. The van der Waals surface area contributed by atoms with Gasteiger partial charge < -0.3 is 14.5 Å². The van der Waals surface area contributed by atoms with Gasteiger partial charge in [0, 0.05) is 28.9 Å². The molecule has 28 heavy (non-hydrogen) atoms. The quantitative estimate of drug-likeness (QED) is 0.735. The van der Waals surface area contributed by atoms with Crippen LogP contribution < -0.4 is 5.32 Å². The van der Waals surface area contributed by atoms with Crippen molar-refractivity contribution in [2.24, 2.45) is 0 Å². The molecule has 0 atom stereocenters. The van der Waals surface area contributed by atoms with Gasteiger partial charge in [0.25, 0.3) is 0 Å². The van der Waals surface area contributed by atoms with Crippen molar-refractivity contribution in [2.75, 3.05) is 18.5 Å². The van der Waals surface area contributed by atoms with Crippen LogP contribution in [0, 0.1) is 0 Å². The number of anilines is 1. The summed E-state index contributed by atoms with van der Waals surface area (Å²) in [6.07, 6.45) is 7.43. The Morgan fingerprint density at radius 1 is 1.07 bits per heavy atom. The standard InChI is InChI=1S/C21H19N5O2/c1-4-14(20-25-26-21(28-20)23-15-10-27-11-15)9-17-12(1)5-6-16(17)19-22-8-7-18(24-19)13-2-3-13/h1,4,6-9,13,15H,2-3,5,10-11H2,(H,23,26). The Hall–Kier alpha value is -3.06. The van der Waals surface area contributed by atoms with Crippen molar-refractivity contribution in [3.8, 4) is 11.5 Å². The molecule has 1 saturated heterocycles. The van der Waals surface area contributed by atoms with Gasteiger partial charge in [0.1, 0.15) is 0 Å². The molecule has 3 aliphatic rings. The summed E-state index contributed by atoms with van der Waals surface area (Å²) < 4.78 is 11.0. The molecule has 1 aliphatic heterocycles. The van der Waals surface area contributed by atoms with Gasteiger partial charge in [-0.2, -0.15) is 0 Å². The third-order valence-electron chi connectivity index (χ3n) is 5.48. The topological polar surface area (TPSA) is 86.0 Å². The fourth-order valence-electron chi connectivity index (χ4n) is 3.67. The Labute approximate surface area is 161 Å². The second kappa shape index (κ2) is 6.24. The number of hydrogen-bond donors (Lipinski definition) is 1. The molecule has 0 unspecified atom stereocenters. The van der Waals surface area contributed by atoms with Gasteiger partial charge in [0.05, 0.1) is 19.3 Å². The van der Waals surface area contributed by atoms with Crippen molar-refractivity contribution in [3.63, 3.8) is 0 Å². The van der Waals surface area contributed by atoms with Crippen LogP contribution in [-0.4, -0.2) is 39.4 Å². The SMILES string of the molecule is C1=C(c2nccc(C3CC3)n2)c2cc(-c3nnc(NC4COC4)o3)ccc2C1. The molecule has 3 aromatic rings. The van der Waals surface area contributed by atoms with Crippen molar-refractivity contribution in [1.82, 2.24) is 20.2 Å². The third kappa shape index (κ3) is 2.79. The monoisotopic (exact) mass is 373 g/mol. The largest absolute Gasteiger partial charge is 0.403 e. The number of aromatic nitrogens is 4. The lowest BCUT2D eigenvalue weighted by Gasteiger charge is -2.25. The van der Waals surface area contributed by atoms with Gasteiger partial charge in [-0.15, -0.1) is 5.10 Å². The lowest BCUT2D eigenvalue weighted by atomic mass is 10.0. The number of nitrogens with one attached hydrogen (secondary N) is 1. The molecule has 2 aromatic heterocycles. The van der Waals surface area contributed by atoms with Gasteiger partial charge in [-0.3, -0.25) is 0 Å². The summed E-state index contributed by atoms with van der Waals surface area (Å²) in [5, 5.41) is 11.5. The molecule has 0 spiro atoms. The van der Waals surface area contributed by atoms with Crippen molar-refractivity contribution < 1.29 is 9.15 Å². The summed E-state index contributed by atoms with van der Waals surface area (Å²) in [6, 6.07) is 8.97. The molecule has 2 aliphatic carbocycles. The van der Waals surface area contributed by atoms with E-state index in [1.165, 1.54) is 18.4 Å². The van der Waals surface area contributed by atoms with Crippen LogP contribution in [0.25, 0.3) is 17.0 Å². The maximum Gasteiger partial charge on any atom is 0.316 e. The van der Waals surface area contributed by atoms with Crippen molar-refractivity contribution in [1.29, 1.82) is 0 Å². The number of rotatable bonds is 5. The summed E-state index contributed by atoms with van der Waals surface area (Å²) in [5.41, 5.74) is 5.55. The van der Waals surface area contributed by atoms with Gasteiger partial charge in [-0.1, -0.05) is 17.2 Å². The number of benzene rings is 1. The Balaban J connectivity index is 1.31. The number of ether oxygens (including phenoxy) is 1. The Kier molecular flexibility index (Phi) is 3.55. The molecule has 140 valence electrons. The van der Waals surface area contributed by atoms with E-state index in [0.29, 0.717) is 31.0 Å². The zero-order chi connectivity index (χ0) is 18.5. The molecule has 1 N–H and O–H groups in total. The predicted octanol–water partition coefficient (Wildman–Crippen LogP) is 3.20. The molecule has 0 bridgehead atoms. The first-order chi connectivity index (χ1) is 13.8. The lowest BCUT2D eigenvalue weighted by Crippen LogP contribution is -2.40. The second-order valence-electron chi connectivity index (χ2n) is 7.56. The summed E-state index contributed by atoms with van der Waals surface area (Å²) in [6.45, 7) is 1.34. The van der Waals surface area contributed by atoms with Crippen LogP contribution in [0.4, 0.5) is 6.01 Å². The van der Waals surface area contributed by atoms with Crippen molar-refractivity contribution >= 4 is 11.6 Å². The molecule has 3 heterocycles. The molecule has 0 amide bonds. The summed E-state index contributed by atoms with van der Waals surface area (Å²) in [7, 11) is 0. The fraction of sp³-hybridized carbons (Fsp3) is 0.333. The van der Waals surface area contributed by atoms with Crippen LogP contribution in [0.3, 0.4) is 0 Å². The average molecular weight is 373 g/mol. The highest BCUT2D eigenvalue weighted by Gasteiger charge is 2.27. The number of nitrogens with zero attached hydrogens (tertiary/aromatic N) is 4. The molecular formula is C21H19N5O2. The van der Waals surface area contributed by atoms with Gasteiger partial charge >= 0.3 is 6.01 Å². The van der Waals surface area contributed by atoms with Gasteiger partial charge in [-0.25, -0.2) is 9.97 Å². The maximum atomic E-state index is 5.80. The Morgan fingerprint density at radius 3 is 2.82 bits per heavy atom. The summed E-state index contributed by atoms with van der Waals surface area (Å²) in [4.78, 5) is 9.35. The number of allylic oxidation sites excluding steroid dienone is 1. The smallest absolute Gasteiger partial charge is 0.316 e. The molecule has 0 radical (unpaired) electrons. The molecule has 1 aromatic carbocycles. The van der Waals surface area contributed by atoms with Crippen LogP contribution in [0.1, 0.15) is 41.4 Å². The van der Waals surface area contributed by atoms with E-state index in [0.717, 1.165) is 34.6 Å². The fourth-order valence-corrected chi connectivity index (χ4v) is 3.67. The highest BCUT2D eigenvalue weighted by atomic mass is 16.5. The molecule has 6 rings (SSSR count). The van der Waals surface area contributed by atoms with Crippen LogP contribution >= 0.6 is 0 Å². The van der Waals surface area contributed by atoms with E-state index in [1.54, 1.807) is 0 Å². The summed E-state index contributed by atoms with van der Waals surface area (Å²) >= 11 is 0. The first-order valence-electron chi connectivity index (χ1n) is 9.68. The minimum Gasteiger partial charge on any atom is -0.403 e. The minimum atomic E-state index is 0.249. The van der Waals surface area contributed by atoms with Gasteiger partial charge in [-0.05, 0) is 48.6 Å². The van der Waals surface area contributed by atoms with E-state index >= 15 is 0 Å². The van der Waals surface area contributed by atoms with Crippen LogP contribution in [0.15, 0.2) is 41.0 Å². The molecule has 7 nitrogen and oxygen atoms in total. The first-order valence-corrected chi connectivity index (χ1v) is 9.68. The highest BCUT2D eigenvalue weighted by Crippen LogP contribution is 2.40. The van der Waals surface area contributed by atoms with Crippen LogP contribution in [0.5, 0.6) is 0 Å².